The van der Waals surface area contributed by atoms with Crippen LogP contribution < -0.4 is 0 Å². The average molecular weight is 355 g/mol. The number of nitrogens with zero attached hydrogens (tertiary/aromatic N) is 3. The van der Waals surface area contributed by atoms with Gasteiger partial charge in [-0.1, -0.05) is 62.4 Å². The fourth-order valence-electron chi connectivity index (χ4n) is 3.75. The van der Waals surface area contributed by atoms with Gasteiger partial charge in [-0.25, -0.2) is 0 Å². The van der Waals surface area contributed by atoms with E-state index in [1.54, 1.807) is 0 Å². The highest BCUT2D eigenvalue weighted by molar-refractivity contribution is 5.91. The lowest BCUT2D eigenvalue weighted by atomic mass is 9.98. The zero-order valence-electron chi connectivity index (χ0n) is 16.4. The maximum Gasteiger partial charge on any atom is 0.168 e. The predicted octanol–water partition coefficient (Wildman–Crippen LogP) is 5.90. The molecule has 0 atom stereocenters. The number of benzene rings is 3. The van der Waals surface area contributed by atoms with Crippen molar-refractivity contribution in [2.75, 3.05) is 0 Å². The molecule has 0 saturated carbocycles. The molecule has 0 unspecified atom stereocenters. The van der Waals surface area contributed by atoms with Gasteiger partial charge in [-0.05, 0) is 54.8 Å². The first-order valence-corrected chi connectivity index (χ1v) is 9.54. The molecule has 0 spiro atoms. The summed E-state index contributed by atoms with van der Waals surface area (Å²) in [5, 5.41) is 11.4. The quantitative estimate of drug-likeness (QED) is 0.456. The summed E-state index contributed by atoms with van der Waals surface area (Å²) in [7, 11) is 0. The van der Waals surface area contributed by atoms with Gasteiger partial charge >= 0.3 is 0 Å². The van der Waals surface area contributed by atoms with Crippen molar-refractivity contribution in [1.29, 1.82) is 0 Å². The Morgan fingerprint density at radius 2 is 1.70 bits per heavy atom. The lowest BCUT2D eigenvalue weighted by molar-refractivity contribution is 0.648. The van der Waals surface area contributed by atoms with Crippen molar-refractivity contribution in [2.45, 2.75) is 34.1 Å². The summed E-state index contributed by atoms with van der Waals surface area (Å²) in [5.41, 5.74) is 4.83. The standard InChI is InChI=1S/C24H25N3/c1-16(2)14-19-12-13-20-9-7-11-23(22(20)15-19)27-18(4)25-26-24(27)21-10-6-5-8-17(21)3/h5-13,15-16H,14H2,1-4H3. The number of fused-ring (bicyclic) bond motifs is 1. The zero-order valence-corrected chi connectivity index (χ0v) is 16.4. The van der Waals surface area contributed by atoms with E-state index in [0.717, 1.165) is 29.3 Å². The van der Waals surface area contributed by atoms with Crippen LogP contribution in [0.1, 0.15) is 30.8 Å². The van der Waals surface area contributed by atoms with Gasteiger partial charge in [0.05, 0.1) is 5.69 Å². The van der Waals surface area contributed by atoms with Crippen molar-refractivity contribution in [3.05, 3.63) is 77.6 Å². The maximum absolute atomic E-state index is 4.51. The van der Waals surface area contributed by atoms with E-state index < -0.39 is 0 Å². The van der Waals surface area contributed by atoms with Crippen LogP contribution in [0.25, 0.3) is 27.8 Å². The minimum absolute atomic E-state index is 0.633. The number of hydrogen-bond acceptors (Lipinski definition) is 2. The molecular formula is C24H25N3. The number of aromatic nitrogens is 3. The monoisotopic (exact) mass is 355 g/mol. The van der Waals surface area contributed by atoms with Gasteiger partial charge in [0.1, 0.15) is 5.82 Å². The van der Waals surface area contributed by atoms with Crippen LogP contribution in [0, 0.1) is 19.8 Å². The van der Waals surface area contributed by atoms with Crippen LogP contribution in [0.3, 0.4) is 0 Å². The summed E-state index contributed by atoms with van der Waals surface area (Å²) in [5.74, 6) is 2.43. The van der Waals surface area contributed by atoms with Gasteiger partial charge in [0.25, 0.3) is 0 Å². The van der Waals surface area contributed by atoms with Gasteiger partial charge in [0.15, 0.2) is 5.82 Å². The molecule has 3 nitrogen and oxygen atoms in total. The van der Waals surface area contributed by atoms with Crippen LogP contribution in [0.2, 0.25) is 0 Å². The summed E-state index contributed by atoms with van der Waals surface area (Å²) >= 11 is 0. The molecule has 0 bridgehead atoms. The van der Waals surface area contributed by atoms with Crippen molar-refractivity contribution >= 4 is 10.8 Å². The number of hydrogen-bond donors (Lipinski definition) is 0. The fraction of sp³-hybridized carbons (Fsp3) is 0.250. The third-order valence-corrected chi connectivity index (χ3v) is 5.02. The second-order valence-corrected chi connectivity index (χ2v) is 7.65. The molecule has 0 aliphatic carbocycles. The van der Waals surface area contributed by atoms with E-state index in [-0.39, 0.29) is 0 Å². The predicted molar refractivity (Wildman–Crippen MR) is 112 cm³/mol. The molecule has 0 fully saturated rings. The smallest absolute Gasteiger partial charge is 0.168 e. The first-order valence-electron chi connectivity index (χ1n) is 9.54. The molecular weight excluding hydrogens is 330 g/mol. The van der Waals surface area contributed by atoms with Gasteiger partial charge in [-0.3, -0.25) is 4.57 Å². The number of rotatable bonds is 4. The highest BCUT2D eigenvalue weighted by atomic mass is 15.3. The SMILES string of the molecule is Cc1ccccc1-c1nnc(C)n1-c1cccc2ccc(CC(C)C)cc12. The van der Waals surface area contributed by atoms with E-state index >= 15 is 0 Å². The Balaban J connectivity index is 1.96. The molecule has 0 saturated heterocycles. The summed E-state index contributed by atoms with van der Waals surface area (Å²) in [6, 6.07) is 21.6. The Hall–Kier alpha value is -2.94. The van der Waals surface area contributed by atoms with E-state index in [1.165, 1.54) is 21.9 Å². The van der Waals surface area contributed by atoms with E-state index in [2.05, 4.69) is 96.2 Å². The molecule has 27 heavy (non-hydrogen) atoms. The first-order chi connectivity index (χ1) is 13.0. The summed E-state index contributed by atoms with van der Waals surface area (Å²) in [6.07, 6.45) is 1.08. The Bertz CT molecular complexity index is 1110. The van der Waals surface area contributed by atoms with Crippen molar-refractivity contribution < 1.29 is 0 Å². The molecule has 1 aromatic heterocycles. The number of aryl methyl sites for hydroxylation is 2. The molecule has 136 valence electrons. The van der Waals surface area contributed by atoms with Crippen LogP contribution in [0.15, 0.2) is 60.7 Å². The average Bonchev–Trinajstić information content (AvgIpc) is 3.02. The molecule has 0 aliphatic heterocycles. The third kappa shape index (κ3) is 3.25. The van der Waals surface area contributed by atoms with Crippen LogP contribution >= 0.6 is 0 Å². The summed E-state index contributed by atoms with van der Waals surface area (Å²) in [6.45, 7) is 8.66. The summed E-state index contributed by atoms with van der Waals surface area (Å²) in [4.78, 5) is 0. The highest BCUT2D eigenvalue weighted by Gasteiger charge is 2.16. The molecule has 0 N–H and O–H groups in total. The van der Waals surface area contributed by atoms with E-state index in [1.807, 2.05) is 6.92 Å². The van der Waals surface area contributed by atoms with Crippen LogP contribution in [0.5, 0.6) is 0 Å². The first kappa shape index (κ1) is 17.5. The van der Waals surface area contributed by atoms with E-state index in [4.69, 9.17) is 0 Å². The minimum atomic E-state index is 0.633. The lowest BCUT2D eigenvalue weighted by Crippen LogP contribution is -2.02. The van der Waals surface area contributed by atoms with Gasteiger partial charge < -0.3 is 0 Å². The van der Waals surface area contributed by atoms with Crippen molar-refractivity contribution in [3.63, 3.8) is 0 Å². The maximum atomic E-state index is 4.51. The molecule has 0 amide bonds. The molecule has 0 radical (unpaired) electrons. The zero-order chi connectivity index (χ0) is 19.0. The van der Waals surface area contributed by atoms with Crippen LogP contribution in [-0.2, 0) is 6.42 Å². The Kier molecular flexibility index (Phi) is 4.53. The lowest BCUT2D eigenvalue weighted by Gasteiger charge is -2.14. The molecule has 1 heterocycles. The Labute approximate surface area is 160 Å². The molecule has 3 aromatic carbocycles. The van der Waals surface area contributed by atoms with Crippen LogP contribution in [0.4, 0.5) is 0 Å². The minimum Gasteiger partial charge on any atom is -0.279 e. The second-order valence-electron chi connectivity index (χ2n) is 7.65. The largest absolute Gasteiger partial charge is 0.279 e. The van der Waals surface area contributed by atoms with Gasteiger partial charge in [0.2, 0.25) is 0 Å². The Morgan fingerprint density at radius 1 is 0.889 bits per heavy atom. The van der Waals surface area contributed by atoms with E-state index in [0.29, 0.717) is 5.92 Å². The van der Waals surface area contributed by atoms with E-state index in [9.17, 15) is 0 Å². The molecule has 4 rings (SSSR count). The molecule has 4 aromatic rings. The normalized spacial score (nSPS) is 11.4. The fourth-order valence-corrected chi connectivity index (χ4v) is 3.75. The second kappa shape index (κ2) is 6.99. The van der Waals surface area contributed by atoms with Gasteiger partial charge in [-0.2, -0.15) is 0 Å². The van der Waals surface area contributed by atoms with Gasteiger partial charge in [-0.15, -0.1) is 10.2 Å². The third-order valence-electron chi connectivity index (χ3n) is 5.02. The summed E-state index contributed by atoms with van der Waals surface area (Å²) < 4.78 is 2.18. The van der Waals surface area contributed by atoms with Crippen molar-refractivity contribution in [1.82, 2.24) is 14.8 Å². The highest BCUT2D eigenvalue weighted by Crippen LogP contribution is 2.30. The topological polar surface area (TPSA) is 30.7 Å². The molecule has 0 aliphatic rings. The van der Waals surface area contributed by atoms with Crippen molar-refractivity contribution in [3.8, 4) is 17.1 Å². The molecule has 3 heteroatoms. The van der Waals surface area contributed by atoms with Crippen LogP contribution in [-0.4, -0.2) is 14.8 Å². The van der Waals surface area contributed by atoms with Gasteiger partial charge in [0, 0.05) is 10.9 Å². The van der Waals surface area contributed by atoms with Crippen molar-refractivity contribution in [2.24, 2.45) is 5.92 Å². The Morgan fingerprint density at radius 3 is 2.48 bits per heavy atom.